The average Bonchev–Trinajstić information content (AvgIpc) is 2.78. The van der Waals surface area contributed by atoms with Crippen molar-refractivity contribution < 1.29 is 14.0 Å². The van der Waals surface area contributed by atoms with Gasteiger partial charge in [-0.25, -0.2) is 4.39 Å². The number of hydrogen-bond donors (Lipinski definition) is 1. The summed E-state index contributed by atoms with van der Waals surface area (Å²) in [5.74, 6) is 0.515. The van der Waals surface area contributed by atoms with Gasteiger partial charge in [0.05, 0.1) is 5.75 Å². The van der Waals surface area contributed by atoms with Gasteiger partial charge in [0.2, 0.25) is 11.8 Å². The quantitative estimate of drug-likeness (QED) is 0.451. The number of unbranched alkanes of at least 4 members (excludes halogenated alkanes) is 1. The third kappa shape index (κ3) is 8.74. The van der Waals surface area contributed by atoms with Crippen molar-refractivity contribution in [3.05, 3.63) is 71.5 Å². The second-order valence-electron chi connectivity index (χ2n) is 7.51. The van der Waals surface area contributed by atoms with Crippen LogP contribution in [0.1, 0.15) is 44.2 Å². The second kappa shape index (κ2) is 13.9. The Morgan fingerprint density at radius 1 is 1.03 bits per heavy atom. The average molecular weight is 445 g/mol. The van der Waals surface area contributed by atoms with Crippen molar-refractivity contribution in [2.24, 2.45) is 0 Å². The van der Waals surface area contributed by atoms with Crippen LogP contribution in [0.15, 0.2) is 54.6 Å². The third-order valence-electron chi connectivity index (χ3n) is 5.11. The van der Waals surface area contributed by atoms with Gasteiger partial charge in [-0.15, -0.1) is 11.8 Å². The number of nitrogens with zero attached hydrogens (tertiary/aromatic N) is 1. The molecule has 0 spiro atoms. The minimum Gasteiger partial charge on any atom is -0.354 e. The Balaban J connectivity index is 2.02. The van der Waals surface area contributed by atoms with Crippen LogP contribution in [0.3, 0.4) is 0 Å². The summed E-state index contributed by atoms with van der Waals surface area (Å²) < 4.78 is 13.1. The molecule has 31 heavy (non-hydrogen) atoms. The standard InChI is InChI=1S/C25H33FN2O2S/c1-3-5-16-27-25(30)23(4-2)28(17-15-20-9-7-6-8-10-20)24(29)19-31-18-21-11-13-22(26)14-12-21/h6-14,23H,3-5,15-19H2,1-2H3,(H,27,30). The molecule has 1 unspecified atom stereocenters. The maximum Gasteiger partial charge on any atom is 0.242 e. The summed E-state index contributed by atoms with van der Waals surface area (Å²) in [5, 5.41) is 2.98. The van der Waals surface area contributed by atoms with Crippen LogP contribution in [0, 0.1) is 5.82 Å². The Morgan fingerprint density at radius 3 is 2.39 bits per heavy atom. The molecular weight excluding hydrogens is 411 g/mol. The van der Waals surface area contributed by atoms with Gasteiger partial charge in [-0.05, 0) is 42.5 Å². The van der Waals surface area contributed by atoms with Crippen LogP contribution in [0.25, 0.3) is 0 Å². The van der Waals surface area contributed by atoms with Gasteiger partial charge in [0.15, 0.2) is 0 Å². The van der Waals surface area contributed by atoms with Crippen LogP contribution in [-0.4, -0.2) is 41.6 Å². The maximum absolute atomic E-state index is 13.1. The number of rotatable bonds is 13. The van der Waals surface area contributed by atoms with Crippen LogP contribution < -0.4 is 5.32 Å². The molecule has 1 N–H and O–H groups in total. The zero-order valence-electron chi connectivity index (χ0n) is 18.5. The van der Waals surface area contributed by atoms with Gasteiger partial charge in [-0.2, -0.15) is 0 Å². The van der Waals surface area contributed by atoms with Crippen molar-refractivity contribution in [3.63, 3.8) is 0 Å². The lowest BCUT2D eigenvalue weighted by molar-refractivity contribution is -0.138. The summed E-state index contributed by atoms with van der Waals surface area (Å²) in [6, 6.07) is 15.8. The molecule has 2 aromatic rings. The van der Waals surface area contributed by atoms with Crippen LogP contribution in [0.2, 0.25) is 0 Å². The van der Waals surface area contributed by atoms with Crippen LogP contribution in [-0.2, 0) is 21.8 Å². The molecular formula is C25H33FN2O2S. The van der Waals surface area contributed by atoms with Crippen LogP contribution in [0.5, 0.6) is 0 Å². The van der Waals surface area contributed by atoms with Gasteiger partial charge in [0, 0.05) is 18.8 Å². The molecule has 168 valence electrons. The van der Waals surface area contributed by atoms with Crippen molar-refractivity contribution in [1.82, 2.24) is 10.2 Å². The SMILES string of the molecule is CCCCNC(=O)C(CC)N(CCc1ccccc1)C(=O)CSCc1ccc(F)cc1. The molecule has 1 atom stereocenters. The van der Waals surface area contributed by atoms with Gasteiger partial charge in [-0.1, -0.05) is 62.7 Å². The first-order valence-electron chi connectivity index (χ1n) is 11.0. The summed E-state index contributed by atoms with van der Waals surface area (Å²) >= 11 is 1.49. The lowest BCUT2D eigenvalue weighted by atomic mass is 10.1. The third-order valence-corrected chi connectivity index (χ3v) is 6.10. The summed E-state index contributed by atoms with van der Waals surface area (Å²) in [4.78, 5) is 27.6. The van der Waals surface area contributed by atoms with E-state index in [1.807, 2.05) is 37.3 Å². The van der Waals surface area contributed by atoms with Crippen molar-refractivity contribution in [1.29, 1.82) is 0 Å². The Bertz CT molecular complexity index is 799. The fourth-order valence-corrected chi connectivity index (χ4v) is 4.19. The first-order chi connectivity index (χ1) is 15.0. The van der Waals surface area contributed by atoms with E-state index in [2.05, 4.69) is 12.2 Å². The number of carbonyl (C=O) groups is 2. The van der Waals surface area contributed by atoms with E-state index in [1.54, 1.807) is 17.0 Å². The summed E-state index contributed by atoms with van der Waals surface area (Å²) in [6.07, 6.45) is 3.20. The number of hydrogen-bond acceptors (Lipinski definition) is 3. The molecule has 0 saturated carbocycles. The molecule has 0 aliphatic carbocycles. The largest absolute Gasteiger partial charge is 0.354 e. The number of nitrogens with one attached hydrogen (secondary N) is 1. The molecule has 0 bridgehead atoms. The maximum atomic E-state index is 13.1. The summed E-state index contributed by atoms with van der Waals surface area (Å²) in [5.41, 5.74) is 2.11. The number of thioether (sulfide) groups is 1. The fraction of sp³-hybridized carbons (Fsp3) is 0.440. The van der Waals surface area contributed by atoms with Crippen LogP contribution >= 0.6 is 11.8 Å². The van der Waals surface area contributed by atoms with Gasteiger partial charge >= 0.3 is 0 Å². The van der Waals surface area contributed by atoms with Crippen molar-refractivity contribution >= 4 is 23.6 Å². The lowest BCUT2D eigenvalue weighted by Gasteiger charge is -2.30. The Hall–Kier alpha value is -2.34. The summed E-state index contributed by atoms with van der Waals surface area (Å²) in [7, 11) is 0. The molecule has 0 aromatic heterocycles. The van der Waals surface area contributed by atoms with E-state index in [1.165, 1.54) is 23.9 Å². The second-order valence-corrected chi connectivity index (χ2v) is 8.50. The molecule has 6 heteroatoms. The Kier molecular flexibility index (Phi) is 11.1. The van der Waals surface area contributed by atoms with E-state index in [0.29, 0.717) is 31.7 Å². The molecule has 0 aliphatic rings. The zero-order chi connectivity index (χ0) is 22.5. The molecule has 2 aromatic carbocycles. The van der Waals surface area contributed by atoms with Gasteiger partial charge in [0.25, 0.3) is 0 Å². The normalized spacial score (nSPS) is 11.7. The van der Waals surface area contributed by atoms with E-state index in [0.717, 1.165) is 24.0 Å². The topological polar surface area (TPSA) is 49.4 Å². The van der Waals surface area contributed by atoms with Crippen LogP contribution in [0.4, 0.5) is 4.39 Å². The van der Waals surface area contributed by atoms with Gasteiger partial charge in [-0.3, -0.25) is 9.59 Å². The molecule has 0 saturated heterocycles. The minimum absolute atomic E-state index is 0.0412. The number of amides is 2. The lowest BCUT2D eigenvalue weighted by Crippen LogP contribution is -2.50. The minimum atomic E-state index is -0.473. The molecule has 0 heterocycles. The monoisotopic (exact) mass is 444 g/mol. The Morgan fingerprint density at radius 2 is 1.74 bits per heavy atom. The highest BCUT2D eigenvalue weighted by Gasteiger charge is 2.27. The number of carbonyl (C=O) groups excluding carboxylic acids is 2. The summed E-state index contributed by atoms with van der Waals surface area (Å²) in [6.45, 7) is 5.15. The van der Waals surface area contributed by atoms with Crippen molar-refractivity contribution in [2.45, 2.75) is 51.3 Å². The molecule has 2 amide bonds. The molecule has 2 rings (SSSR count). The highest BCUT2D eigenvalue weighted by Crippen LogP contribution is 2.16. The first-order valence-corrected chi connectivity index (χ1v) is 12.1. The van der Waals surface area contributed by atoms with Crippen molar-refractivity contribution in [2.75, 3.05) is 18.8 Å². The molecule has 0 aliphatic heterocycles. The van der Waals surface area contributed by atoms with Gasteiger partial charge in [0.1, 0.15) is 11.9 Å². The van der Waals surface area contributed by atoms with E-state index >= 15 is 0 Å². The van der Waals surface area contributed by atoms with E-state index in [9.17, 15) is 14.0 Å². The van der Waals surface area contributed by atoms with Gasteiger partial charge < -0.3 is 10.2 Å². The highest BCUT2D eigenvalue weighted by molar-refractivity contribution is 7.99. The highest BCUT2D eigenvalue weighted by atomic mass is 32.2. The zero-order valence-corrected chi connectivity index (χ0v) is 19.3. The first kappa shape index (κ1) is 24.9. The van der Waals surface area contributed by atoms with E-state index in [4.69, 9.17) is 0 Å². The van der Waals surface area contributed by atoms with E-state index in [-0.39, 0.29) is 23.4 Å². The fourth-order valence-electron chi connectivity index (χ4n) is 3.32. The predicted octanol–water partition coefficient (Wildman–Crippen LogP) is 4.83. The number of halogens is 1. The molecule has 0 radical (unpaired) electrons. The predicted molar refractivity (Wildman–Crippen MR) is 126 cm³/mol. The molecule has 0 fully saturated rings. The Labute approximate surface area is 189 Å². The number of benzene rings is 2. The van der Waals surface area contributed by atoms with Crippen molar-refractivity contribution in [3.8, 4) is 0 Å². The smallest absolute Gasteiger partial charge is 0.242 e. The molecule has 4 nitrogen and oxygen atoms in total. The van der Waals surface area contributed by atoms with E-state index < -0.39 is 6.04 Å².